The molecular formula is C18H22FN5O. The van der Waals surface area contributed by atoms with E-state index in [2.05, 4.69) is 10.00 Å². The lowest BCUT2D eigenvalue weighted by Crippen LogP contribution is -2.51. The van der Waals surface area contributed by atoms with E-state index in [9.17, 15) is 9.18 Å². The van der Waals surface area contributed by atoms with Gasteiger partial charge in [0.1, 0.15) is 5.82 Å². The number of halogens is 1. The number of rotatable bonds is 4. The Morgan fingerprint density at radius 3 is 2.64 bits per heavy atom. The molecule has 1 atom stereocenters. The molecule has 2 saturated heterocycles. The summed E-state index contributed by atoms with van der Waals surface area (Å²) in [5, 5.41) is 4.22. The zero-order chi connectivity index (χ0) is 17.4. The molecule has 6 nitrogen and oxygen atoms in total. The maximum absolute atomic E-state index is 13.0. The van der Waals surface area contributed by atoms with Crippen LogP contribution in [0.3, 0.4) is 0 Å². The fourth-order valence-electron chi connectivity index (χ4n) is 3.74. The summed E-state index contributed by atoms with van der Waals surface area (Å²) in [6.07, 6.45) is 3.93. The molecule has 1 aromatic heterocycles. The van der Waals surface area contributed by atoms with E-state index in [4.69, 9.17) is 0 Å². The SMILES string of the molecule is Cn1cc(CN2CCN3C(=O)N(Cc4ccc(F)cc4)C[C@H]3C2)cn1. The molecule has 2 amide bonds. The summed E-state index contributed by atoms with van der Waals surface area (Å²) in [6.45, 7) is 4.63. The molecule has 25 heavy (non-hydrogen) atoms. The lowest BCUT2D eigenvalue weighted by molar-refractivity contribution is 0.116. The third-order valence-corrected chi connectivity index (χ3v) is 4.97. The number of amides is 2. The maximum atomic E-state index is 13.0. The van der Waals surface area contributed by atoms with Crippen molar-refractivity contribution in [1.29, 1.82) is 0 Å². The van der Waals surface area contributed by atoms with E-state index in [0.717, 1.165) is 38.3 Å². The summed E-state index contributed by atoms with van der Waals surface area (Å²) >= 11 is 0. The summed E-state index contributed by atoms with van der Waals surface area (Å²) in [4.78, 5) is 18.8. The number of aryl methyl sites for hydroxylation is 1. The molecule has 0 unspecified atom stereocenters. The highest BCUT2D eigenvalue weighted by molar-refractivity contribution is 5.77. The summed E-state index contributed by atoms with van der Waals surface area (Å²) in [5.41, 5.74) is 2.16. The number of aromatic nitrogens is 2. The minimum atomic E-state index is -0.250. The molecule has 4 rings (SSSR count). The molecule has 0 spiro atoms. The standard InChI is InChI=1S/C18H22FN5O/c1-21-9-15(8-20-21)10-22-6-7-24-17(12-22)13-23(18(24)25)11-14-2-4-16(19)5-3-14/h2-5,8-9,17H,6-7,10-13H2,1H3/t17-/m1/s1. The number of urea groups is 1. The number of carbonyl (C=O) groups is 1. The van der Waals surface area contributed by atoms with Gasteiger partial charge in [0.05, 0.1) is 12.2 Å². The third kappa shape index (κ3) is 3.37. The Labute approximate surface area is 146 Å². The van der Waals surface area contributed by atoms with Crippen molar-refractivity contribution in [3.63, 3.8) is 0 Å². The largest absolute Gasteiger partial charge is 0.320 e. The van der Waals surface area contributed by atoms with Gasteiger partial charge in [0, 0.05) is 58.1 Å². The zero-order valence-corrected chi connectivity index (χ0v) is 14.3. The summed E-state index contributed by atoms with van der Waals surface area (Å²) in [5.74, 6) is -0.250. The first-order valence-electron chi connectivity index (χ1n) is 8.58. The van der Waals surface area contributed by atoms with Crippen molar-refractivity contribution in [2.75, 3.05) is 26.2 Å². The average molecular weight is 343 g/mol. The molecule has 7 heteroatoms. The van der Waals surface area contributed by atoms with Gasteiger partial charge in [0.15, 0.2) is 0 Å². The first-order valence-corrected chi connectivity index (χ1v) is 8.58. The van der Waals surface area contributed by atoms with E-state index in [1.807, 2.05) is 33.9 Å². The molecule has 2 aliphatic heterocycles. The van der Waals surface area contributed by atoms with Gasteiger partial charge in [-0.15, -0.1) is 0 Å². The second-order valence-electron chi connectivity index (χ2n) is 6.89. The Hall–Kier alpha value is -2.41. The minimum absolute atomic E-state index is 0.0929. The fraction of sp³-hybridized carbons (Fsp3) is 0.444. The quantitative estimate of drug-likeness (QED) is 0.848. The number of carbonyl (C=O) groups excluding carboxylic acids is 1. The lowest BCUT2D eigenvalue weighted by Gasteiger charge is -2.36. The predicted molar refractivity (Wildman–Crippen MR) is 91.2 cm³/mol. The zero-order valence-electron chi connectivity index (χ0n) is 14.3. The summed E-state index contributed by atoms with van der Waals surface area (Å²) < 4.78 is 14.9. The Morgan fingerprint density at radius 2 is 1.92 bits per heavy atom. The van der Waals surface area contributed by atoms with Gasteiger partial charge < -0.3 is 9.80 Å². The molecule has 0 radical (unpaired) electrons. The van der Waals surface area contributed by atoms with Gasteiger partial charge in [-0.2, -0.15) is 5.10 Å². The average Bonchev–Trinajstić information content (AvgIpc) is 3.13. The van der Waals surface area contributed by atoms with Crippen molar-refractivity contribution in [1.82, 2.24) is 24.5 Å². The normalized spacial score (nSPS) is 21.0. The third-order valence-electron chi connectivity index (χ3n) is 4.97. The topological polar surface area (TPSA) is 44.6 Å². The first kappa shape index (κ1) is 16.1. The summed E-state index contributed by atoms with van der Waals surface area (Å²) in [6, 6.07) is 6.69. The summed E-state index contributed by atoms with van der Waals surface area (Å²) in [7, 11) is 1.92. The van der Waals surface area contributed by atoms with Crippen LogP contribution in [-0.4, -0.2) is 62.7 Å². The van der Waals surface area contributed by atoms with Crippen LogP contribution in [0.5, 0.6) is 0 Å². The number of hydrogen-bond acceptors (Lipinski definition) is 3. The molecule has 0 bridgehead atoms. The van der Waals surface area contributed by atoms with Gasteiger partial charge >= 0.3 is 6.03 Å². The van der Waals surface area contributed by atoms with E-state index in [-0.39, 0.29) is 17.9 Å². The van der Waals surface area contributed by atoms with Gasteiger partial charge in [0.25, 0.3) is 0 Å². The number of nitrogens with zero attached hydrogens (tertiary/aromatic N) is 5. The Morgan fingerprint density at radius 1 is 1.12 bits per heavy atom. The number of benzene rings is 1. The highest BCUT2D eigenvalue weighted by atomic mass is 19.1. The second kappa shape index (κ2) is 6.48. The van der Waals surface area contributed by atoms with Crippen LogP contribution in [0.4, 0.5) is 9.18 Å². The molecule has 0 saturated carbocycles. The Balaban J connectivity index is 1.38. The van der Waals surface area contributed by atoms with E-state index in [1.54, 1.807) is 12.1 Å². The van der Waals surface area contributed by atoms with E-state index >= 15 is 0 Å². The molecule has 3 heterocycles. The molecule has 2 fully saturated rings. The van der Waals surface area contributed by atoms with Crippen LogP contribution in [0.1, 0.15) is 11.1 Å². The highest BCUT2D eigenvalue weighted by Gasteiger charge is 2.40. The van der Waals surface area contributed by atoms with E-state index in [0.29, 0.717) is 6.54 Å². The minimum Gasteiger partial charge on any atom is -0.318 e. The highest BCUT2D eigenvalue weighted by Crippen LogP contribution is 2.23. The first-order chi connectivity index (χ1) is 12.1. The second-order valence-corrected chi connectivity index (χ2v) is 6.89. The molecule has 132 valence electrons. The van der Waals surface area contributed by atoms with Gasteiger partial charge in [-0.25, -0.2) is 9.18 Å². The van der Waals surface area contributed by atoms with Crippen molar-refractivity contribution >= 4 is 6.03 Å². The van der Waals surface area contributed by atoms with E-state index in [1.165, 1.54) is 17.7 Å². The van der Waals surface area contributed by atoms with Crippen LogP contribution >= 0.6 is 0 Å². The van der Waals surface area contributed by atoms with Crippen molar-refractivity contribution in [2.24, 2.45) is 7.05 Å². The van der Waals surface area contributed by atoms with Crippen LogP contribution in [0, 0.1) is 5.82 Å². The van der Waals surface area contributed by atoms with Crippen LogP contribution in [0.15, 0.2) is 36.7 Å². The number of hydrogen-bond donors (Lipinski definition) is 0. The van der Waals surface area contributed by atoms with E-state index < -0.39 is 0 Å². The van der Waals surface area contributed by atoms with Crippen LogP contribution in [0.25, 0.3) is 0 Å². The van der Waals surface area contributed by atoms with Gasteiger partial charge in [-0.1, -0.05) is 12.1 Å². The van der Waals surface area contributed by atoms with Gasteiger partial charge in [0.2, 0.25) is 0 Å². The fourth-order valence-corrected chi connectivity index (χ4v) is 3.74. The van der Waals surface area contributed by atoms with Crippen molar-refractivity contribution in [3.8, 4) is 0 Å². The molecule has 0 aliphatic carbocycles. The Bertz CT molecular complexity index is 759. The maximum Gasteiger partial charge on any atom is 0.320 e. The Kier molecular flexibility index (Phi) is 4.17. The predicted octanol–water partition coefficient (Wildman–Crippen LogP) is 1.68. The van der Waals surface area contributed by atoms with Gasteiger partial charge in [-0.05, 0) is 17.7 Å². The molecule has 2 aromatic rings. The number of piperazine rings is 1. The molecule has 1 aromatic carbocycles. The smallest absolute Gasteiger partial charge is 0.318 e. The number of fused-ring (bicyclic) bond motifs is 1. The van der Waals surface area contributed by atoms with Gasteiger partial charge in [-0.3, -0.25) is 9.58 Å². The molecule has 2 aliphatic rings. The van der Waals surface area contributed by atoms with Crippen LogP contribution in [-0.2, 0) is 20.1 Å². The van der Waals surface area contributed by atoms with Crippen LogP contribution < -0.4 is 0 Å². The van der Waals surface area contributed by atoms with Crippen molar-refractivity contribution in [2.45, 2.75) is 19.1 Å². The molecular weight excluding hydrogens is 321 g/mol. The monoisotopic (exact) mass is 343 g/mol. The lowest BCUT2D eigenvalue weighted by atomic mass is 10.1. The van der Waals surface area contributed by atoms with Crippen molar-refractivity contribution in [3.05, 3.63) is 53.6 Å². The van der Waals surface area contributed by atoms with Crippen LogP contribution in [0.2, 0.25) is 0 Å². The van der Waals surface area contributed by atoms with Crippen molar-refractivity contribution < 1.29 is 9.18 Å². The molecule has 0 N–H and O–H groups in total.